The maximum atomic E-state index is 15.3. The van der Waals surface area contributed by atoms with E-state index < -0.39 is 138 Å². The summed E-state index contributed by atoms with van der Waals surface area (Å²) in [6.45, 7) is 12.2. The number of likely N-dealkylation sites (N-methyl/N-ethyl adjacent to an activating group) is 1. The van der Waals surface area contributed by atoms with Gasteiger partial charge in [0.15, 0.2) is 6.17 Å². The van der Waals surface area contributed by atoms with Gasteiger partial charge in [-0.3, -0.25) is 72.1 Å². The molecule has 604 valence electrons. The number of benzene rings is 5. The molecular formula is C81H102ClN15O16. The molecule has 31 nitrogen and oxygen atoms in total. The molecule has 0 aliphatic carbocycles. The molecule has 13 amide bonds. The number of aromatic nitrogens is 1. The van der Waals surface area contributed by atoms with Crippen molar-refractivity contribution in [3.05, 3.63) is 173 Å². The number of nitrogens with one attached hydrogen (secondary N) is 12. The molecule has 1 aliphatic heterocycles. The minimum atomic E-state index is -1.90. The number of carbonyl (C=O) groups excluding carboxylic acids is 13. The topological polar surface area (TPSA) is 443 Å². The van der Waals surface area contributed by atoms with Gasteiger partial charge in [-0.25, -0.2) is 0 Å². The van der Waals surface area contributed by atoms with Crippen LogP contribution in [0.15, 0.2) is 140 Å². The van der Waals surface area contributed by atoms with Crippen LogP contribution in [-0.4, -0.2) is 201 Å². The van der Waals surface area contributed by atoms with Crippen molar-refractivity contribution in [2.45, 2.75) is 186 Å². The first kappa shape index (κ1) is 88.5. The van der Waals surface area contributed by atoms with Crippen molar-refractivity contribution in [1.29, 1.82) is 0 Å². The van der Waals surface area contributed by atoms with Crippen LogP contribution in [0.4, 0.5) is 11.4 Å². The Bertz CT molecular complexity index is 4340. The molecule has 0 radical (unpaired) electrons. The maximum Gasteiger partial charge on any atom is 0.325 e. The summed E-state index contributed by atoms with van der Waals surface area (Å²) in [6.07, 6.45) is 1.73. The lowest BCUT2D eigenvalue weighted by atomic mass is 9.99. The Morgan fingerprint density at radius 2 is 1.00 bits per heavy atom. The SMILES string of the molecule is CC(=O)Nc1ccc(C[C@H](NC(=O)[C@H](CO)NC(=O)[C@@H](Cc2cccnc2)NC(=O)[C@@H](Cc2ccc(Cl)cc2)NC(=O)[C@@H](NC(C)=O)N(C)C(=O)c2ccc3ccccc3c2)C(=O)N[C@H](Cc2ccc(NC(C)=O)cc2)C(=O)N[C@@H](CC(C)C)C(=O)N[C@@H](CCCCNC(C)C)C(=O)N2CCC[C@H]2C(=O)N[C@H](C)C(=O)O)cc1. The Labute approximate surface area is 660 Å². The van der Waals surface area contributed by atoms with Gasteiger partial charge in [-0.05, 0) is 146 Å². The van der Waals surface area contributed by atoms with E-state index >= 15 is 9.59 Å². The monoisotopic (exact) mass is 1580 g/mol. The van der Waals surface area contributed by atoms with Crippen molar-refractivity contribution in [3.8, 4) is 0 Å². The second-order valence-electron chi connectivity index (χ2n) is 28.7. The van der Waals surface area contributed by atoms with Crippen LogP contribution < -0.4 is 63.8 Å². The van der Waals surface area contributed by atoms with Gasteiger partial charge in [-0.15, -0.1) is 0 Å². The van der Waals surface area contributed by atoms with E-state index in [-0.39, 0.29) is 80.8 Å². The second-order valence-corrected chi connectivity index (χ2v) is 29.2. The first-order chi connectivity index (χ1) is 53.7. The fraction of sp³-hybridized carbons (Fsp3) is 0.420. The number of fused-ring (bicyclic) bond motifs is 1. The van der Waals surface area contributed by atoms with Gasteiger partial charge in [0.05, 0.1) is 6.61 Å². The van der Waals surface area contributed by atoms with Crippen LogP contribution in [-0.2, 0) is 88.0 Å². The number of anilines is 2. The van der Waals surface area contributed by atoms with Crippen LogP contribution in [0.3, 0.4) is 0 Å². The number of carboxylic acids is 1. The summed E-state index contributed by atoms with van der Waals surface area (Å²) < 4.78 is 0. The Balaban J connectivity index is 1.19. The van der Waals surface area contributed by atoms with Gasteiger partial charge in [0.2, 0.25) is 65.0 Å². The van der Waals surface area contributed by atoms with E-state index in [1.54, 1.807) is 117 Å². The molecule has 113 heavy (non-hydrogen) atoms. The summed E-state index contributed by atoms with van der Waals surface area (Å²) in [5.74, 6) is -11.9. The fourth-order valence-corrected chi connectivity index (χ4v) is 12.9. The van der Waals surface area contributed by atoms with Crippen molar-refractivity contribution in [3.63, 3.8) is 0 Å². The van der Waals surface area contributed by atoms with E-state index in [1.165, 1.54) is 57.2 Å². The number of amides is 13. The number of likely N-dealkylation sites (tertiary alicyclic amines) is 1. The number of pyridine rings is 1. The lowest BCUT2D eigenvalue weighted by Crippen LogP contribution is -2.62. The predicted octanol–water partition coefficient (Wildman–Crippen LogP) is 3.49. The number of nitrogens with zero attached hydrogens (tertiary/aromatic N) is 3. The fourth-order valence-electron chi connectivity index (χ4n) is 12.7. The maximum absolute atomic E-state index is 15.3. The third-order valence-electron chi connectivity index (χ3n) is 18.6. The van der Waals surface area contributed by atoms with Crippen LogP contribution in [0.1, 0.15) is 127 Å². The van der Waals surface area contributed by atoms with Gasteiger partial charge < -0.3 is 83.8 Å². The van der Waals surface area contributed by atoms with E-state index in [4.69, 9.17) is 11.6 Å². The van der Waals surface area contributed by atoms with Crippen molar-refractivity contribution in [1.82, 2.24) is 68.0 Å². The Hall–Kier alpha value is -11.7. The minimum absolute atomic E-state index is 0.00533. The van der Waals surface area contributed by atoms with E-state index in [0.717, 1.165) is 22.6 Å². The standard InChI is InChI=1S/C81H102ClN15O16/c1-46(2)38-63(71(102)89-62(19-12-13-36-84-47(3)4)80(111)97-37-15-20-69(97)77(108)85-48(5)81(112)113)90-72(103)64(40-53-23-31-60(32-24-53)86-49(6)99)91-73(104)65(41-54-25-33-61(34-26-54)87-50(7)100)93-76(107)68(45-98)95-75(106)67(42-55-16-14-35-83-44-55)92-74(105)66(39-52-21-29-59(82)30-22-52)94-78(109)70(88-51(8)101)96(9)79(110)58-28-27-56-17-10-11-18-57(56)43-58/h10-11,14,16-18,21-35,43-44,46-48,62-70,84,98H,12-13,15,19-20,36-42,45H2,1-9H3,(H,85,108)(H,86,99)(H,87,100)(H,88,101)(H,89,102)(H,90,103)(H,91,104)(H,92,105)(H,93,107)(H,94,109)(H,95,106)(H,112,113)/t48-,62+,63+,64-,65+,66-,67-,68+,69+,70+/m1/s1. The zero-order chi connectivity index (χ0) is 82.6. The molecule has 0 spiro atoms. The summed E-state index contributed by atoms with van der Waals surface area (Å²) in [6, 6.07) is 21.0. The molecule has 5 aromatic carbocycles. The quantitative estimate of drug-likeness (QED) is 0.0193. The third kappa shape index (κ3) is 27.9. The van der Waals surface area contributed by atoms with Gasteiger partial charge in [0, 0.05) is 100 Å². The zero-order valence-corrected chi connectivity index (χ0v) is 65.5. The number of aliphatic hydroxyl groups is 1. The van der Waals surface area contributed by atoms with E-state index in [1.807, 2.05) is 26.0 Å². The molecule has 1 aliphatic rings. The highest BCUT2D eigenvalue weighted by Crippen LogP contribution is 2.23. The molecular weight excluding hydrogens is 1470 g/mol. The molecule has 0 saturated carbocycles. The normalized spacial score (nSPS) is 14.9. The van der Waals surface area contributed by atoms with E-state index in [0.29, 0.717) is 64.5 Å². The van der Waals surface area contributed by atoms with Crippen LogP contribution in [0.25, 0.3) is 10.8 Å². The number of carboxylic acid groups (broad SMARTS) is 1. The number of carbonyl (C=O) groups is 14. The molecule has 2 heterocycles. The highest BCUT2D eigenvalue weighted by molar-refractivity contribution is 6.30. The molecule has 0 unspecified atom stereocenters. The Morgan fingerprint density at radius 1 is 0.522 bits per heavy atom. The highest BCUT2D eigenvalue weighted by atomic mass is 35.5. The Morgan fingerprint density at radius 3 is 1.49 bits per heavy atom. The summed E-state index contributed by atoms with van der Waals surface area (Å²) >= 11 is 6.26. The summed E-state index contributed by atoms with van der Waals surface area (Å²) in [4.78, 5) is 202. The highest BCUT2D eigenvalue weighted by Gasteiger charge is 2.41. The molecule has 1 saturated heterocycles. The molecule has 0 bridgehead atoms. The van der Waals surface area contributed by atoms with Gasteiger partial charge in [-0.1, -0.05) is 112 Å². The molecule has 32 heteroatoms. The minimum Gasteiger partial charge on any atom is -0.480 e. The number of halogens is 1. The smallest absolute Gasteiger partial charge is 0.325 e. The molecule has 6 aromatic rings. The largest absolute Gasteiger partial charge is 0.480 e. The van der Waals surface area contributed by atoms with Crippen molar-refractivity contribution >= 4 is 117 Å². The average molecular weight is 1580 g/mol. The zero-order valence-electron chi connectivity index (χ0n) is 64.7. The molecule has 1 aromatic heterocycles. The summed E-state index contributed by atoms with van der Waals surface area (Å²) in [5, 5.41) is 55.0. The number of aliphatic hydroxyl groups excluding tert-OH is 1. The van der Waals surface area contributed by atoms with E-state index in [9.17, 15) is 67.7 Å². The first-order valence-electron chi connectivity index (χ1n) is 37.5. The number of aliphatic carboxylic acids is 1. The molecule has 14 N–H and O–H groups in total. The Kier molecular flexibility index (Phi) is 33.8. The van der Waals surface area contributed by atoms with Crippen molar-refractivity contribution in [2.24, 2.45) is 5.92 Å². The number of rotatable bonds is 40. The predicted molar refractivity (Wildman–Crippen MR) is 423 cm³/mol. The summed E-state index contributed by atoms with van der Waals surface area (Å²) in [5.41, 5.74) is 2.61. The summed E-state index contributed by atoms with van der Waals surface area (Å²) in [7, 11) is 1.30. The van der Waals surface area contributed by atoms with Crippen molar-refractivity contribution in [2.75, 3.05) is 37.4 Å². The van der Waals surface area contributed by atoms with Crippen LogP contribution in [0.5, 0.6) is 0 Å². The average Bonchev–Trinajstić information content (AvgIpc) is 0.937. The third-order valence-corrected chi connectivity index (χ3v) is 18.8. The van der Waals surface area contributed by atoms with Gasteiger partial charge in [0.25, 0.3) is 11.8 Å². The van der Waals surface area contributed by atoms with Gasteiger partial charge in [0.1, 0.15) is 54.4 Å². The van der Waals surface area contributed by atoms with Crippen molar-refractivity contribution < 1.29 is 77.3 Å². The number of unbranched alkanes of at least 4 members (excludes halogenated alkanes) is 1. The lowest BCUT2D eigenvalue weighted by molar-refractivity contribution is -0.144. The van der Waals surface area contributed by atoms with Gasteiger partial charge in [-0.2, -0.15) is 0 Å². The molecule has 7 rings (SSSR count). The number of hydrogen-bond donors (Lipinski definition) is 14. The van der Waals surface area contributed by atoms with Crippen LogP contribution >= 0.6 is 11.6 Å². The van der Waals surface area contributed by atoms with Crippen LogP contribution in [0, 0.1) is 5.92 Å². The second kappa shape index (κ2) is 43.2. The van der Waals surface area contributed by atoms with E-state index in [2.05, 4.69) is 68.8 Å². The molecule has 1 fully saturated rings. The molecule has 10 atom stereocenters. The number of hydrogen-bond acceptors (Lipinski definition) is 17. The lowest BCUT2D eigenvalue weighted by Gasteiger charge is -2.31. The first-order valence-corrected chi connectivity index (χ1v) is 37.8. The van der Waals surface area contributed by atoms with Gasteiger partial charge >= 0.3 is 5.97 Å². The van der Waals surface area contributed by atoms with Crippen LogP contribution in [0.2, 0.25) is 5.02 Å².